The van der Waals surface area contributed by atoms with Gasteiger partial charge in [-0.1, -0.05) is 13.8 Å². The molecule has 0 amide bonds. The van der Waals surface area contributed by atoms with Gasteiger partial charge < -0.3 is 4.74 Å². The van der Waals surface area contributed by atoms with E-state index in [-0.39, 0.29) is 17.1 Å². The summed E-state index contributed by atoms with van der Waals surface area (Å²) in [5.41, 5.74) is 0.222. The molecule has 1 heterocycles. The van der Waals surface area contributed by atoms with Gasteiger partial charge in [-0.2, -0.15) is 9.57 Å². The lowest BCUT2D eigenvalue weighted by atomic mass is 9.94. The molecule has 0 unspecified atom stereocenters. The van der Waals surface area contributed by atoms with E-state index in [9.17, 15) is 13.2 Å². The molecule has 0 spiro atoms. The number of esters is 1. The van der Waals surface area contributed by atoms with Crippen LogP contribution in [0.25, 0.3) is 0 Å². The molecule has 2 atom stereocenters. The molecule has 0 aromatic heterocycles. The average Bonchev–Trinajstić information content (AvgIpc) is 2.51. The molecule has 0 aliphatic carbocycles. The van der Waals surface area contributed by atoms with Crippen molar-refractivity contribution in [3.8, 4) is 6.07 Å². The molecule has 23 heavy (non-hydrogen) atoms. The second-order valence-corrected chi connectivity index (χ2v) is 7.96. The van der Waals surface area contributed by atoms with Crippen molar-refractivity contribution in [2.45, 2.75) is 25.2 Å². The van der Waals surface area contributed by atoms with E-state index in [1.807, 2.05) is 13.8 Å². The third-order valence-corrected chi connectivity index (χ3v) is 5.68. The van der Waals surface area contributed by atoms with Crippen molar-refractivity contribution in [1.82, 2.24) is 4.31 Å². The Balaban J connectivity index is 2.17. The summed E-state index contributed by atoms with van der Waals surface area (Å²) in [7, 11) is -3.56. The molecule has 0 N–H and O–H groups in total. The molecule has 1 aromatic rings. The maximum atomic E-state index is 12.7. The third-order valence-electron chi connectivity index (χ3n) is 3.83. The van der Waals surface area contributed by atoms with Crippen LogP contribution in [0.2, 0.25) is 0 Å². The molecule has 0 bridgehead atoms. The minimum Gasteiger partial charge on any atom is -0.447 e. The van der Waals surface area contributed by atoms with Crippen LogP contribution in [-0.4, -0.2) is 38.4 Å². The zero-order valence-electron chi connectivity index (χ0n) is 13.2. The first-order valence-electron chi connectivity index (χ1n) is 7.49. The van der Waals surface area contributed by atoms with Crippen molar-refractivity contribution in [2.24, 2.45) is 11.8 Å². The second kappa shape index (κ2) is 7.11. The number of piperidine rings is 1. The zero-order valence-corrected chi connectivity index (χ0v) is 14.0. The molecular formula is C16H20N2O4S. The highest BCUT2D eigenvalue weighted by atomic mass is 32.2. The molecular weight excluding hydrogens is 316 g/mol. The van der Waals surface area contributed by atoms with Gasteiger partial charge in [-0.3, -0.25) is 0 Å². The maximum Gasteiger partial charge on any atom is 0.339 e. The van der Waals surface area contributed by atoms with Crippen molar-refractivity contribution < 1.29 is 17.9 Å². The first kappa shape index (κ1) is 17.4. The van der Waals surface area contributed by atoms with Crippen molar-refractivity contribution in [3.05, 3.63) is 29.8 Å². The highest BCUT2D eigenvalue weighted by Gasteiger charge is 2.31. The molecule has 124 valence electrons. The summed E-state index contributed by atoms with van der Waals surface area (Å²) in [4.78, 5) is 11.8. The van der Waals surface area contributed by atoms with E-state index in [1.165, 1.54) is 28.6 Å². The van der Waals surface area contributed by atoms with Crippen LogP contribution in [0.3, 0.4) is 0 Å². The molecule has 1 aliphatic heterocycles. The van der Waals surface area contributed by atoms with Gasteiger partial charge in [0.2, 0.25) is 10.0 Å². The van der Waals surface area contributed by atoms with Crippen LogP contribution in [0.5, 0.6) is 0 Å². The van der Waals surface area contributed by atoms with E-state index < -0.39 is 16.0 Å². The molecule has 1 fully saturated rings. The van der Waals surface area contributed by atoms with E-state index >= 15 is 0 Å². The maximum absolute atomic E-state index is 12.7. The smallest absolute Gasteiger partial charge is 0.339 e. The summed E-state index contributed by atoms with van der Waals surface area (Å²) in [5, 5.41) is 8.39. The molecule has 0 saturated carbocycles. The highest BCUT2D eigenvalue weighted by Crippen LogP contribution is 2.26. The molecule has 6 nitrogen and oxygen atoms in total. The zero-order chi connectivity index (χ0) is 17.0. The topological polar surface area (TPSA) is 87.5 Å². The molecule has 0 radical (unpaired) electrons. The number of carbonyl (C=O) groups excluding carboxylic acids is 1. The molecule has 7 heteroatoms. The Morgan fingerprint density at radius 1 is 1.26 bits per heavy atom. The minimum absolute atomic E-state index is 0.163. The summed E-state index contributed by atoms with van der Waals surface area (Å²) in [5.74, 6) is 0.0123. The van der Waals surface area contributed by atoms with Crippen LogP contribution in [0.4, 0.5) is 0 Å². The number of rotatable bonds is 4. The van der Waals surface area contributed by atoms with E-state index in [0.29, 0.717) is 24.9 Å². The highest BCUT2D eigenvalue weighted by molar-refractivity contribution is 7.89. The Hall–Kier alpha value is -1.91. The molecule has 1 aliphatic rings. The predicted molar refractivity (Wildman–Crippen MR) is 84.0 cm³/mol. The van der Waals surface area contributed by atoms with Crippen LogP contribution in [-0.2, 0) is 14.8 Å². The Morgan fingerprint density at radius 3 is 2.35 bits per heavy atom. The number of carbonyl (C=O) groups is 1. The van der Waals surface area contributed by atoms with Crippen LogP contribution in [0.15, 0.2) is 29.2 Å². The number of sulfonamides is 1. The normalized spacial score (nSPS) is 22.3. The predicted octanol–water partition coefficient (Wildman–Crippen LogP) is 2.03. The van der Waals surface area contributed by atoms with Gasteiger partial charge in [0.25, 0.3) is 0 Å². The fourth-order valence-electron chi connectivity index (χ4n) is 2.90. The van der Waals surface area contributed by atoms with Gasteiger partial charge in [0.1, 0.15) is 6.07 Å². The minimum atomic E-state index is -3.56. The van der Waals surface area contributed by atoms with E-state index in [0.717, 1.165) is 6.42 Å². The van der Waals surface area contributed by atoms with E-state index in [1.54, 1.807) is 6.07 Å². The summed E-state index contributed by atoms with van der Waals surface area (Å²) in [6.07, 6.45) is 1.02. The third kappa shape index (κ3) is 4.09. The summed E-state index contributed by atoms with van der Waals surface area (Å²) in [6, 6.07) is 7.33. The Labute approximate surface area is 136 Å². The fourth-order valence-corrected chi connectivity index (χ4v) is 4.57. The fraction of sp³-hybridized carbons (Fsp3) is 0.500. The number of hydrogen-bond acceptors (Lipinski definition) is 5. The summed E-state index contributed by atoms with van der Waals surface area (Å²) < 4.78 is 31.6. The monoisotopic (exact) mass is 336 g/mol. The van der Waals surface area contributed by atoms with Crippen molar-refractivity contribution >= 4 is 16.0 Å². The van der Waals surface area contributed by atoms with Gasteiger partial charge in [0.15, 0.2) is 6.61 Å². The number of ether oxygens (including phenoxy) is 1. The van der Waals surface area contributed by atoms with Crippen LogP contribution in [0, 0.1) is 23.2 Å². The van der Waals surface area contributed by atoms with Crippen LogP contribution in [0.1, 0.15) is 30.6 Å². The Morgan fingerprint density at radius 2 is 1.83 bits per heavy atom. The van der Waals surface area contributed by atoms with Gasteiger partial charge in [-0.15, -0.1) is 0 Å². The summed E-state index contributed by atoms with van der Waals surface area (Å²) >= 11 is 0. The number of nitriles is 1. The van der Waals surface area contributed by atoms with Crippen LogP contribution >= 0.6 is 0 Å². The largest absolute Gasteiger partial charge is 0.447 e. The lowest BCUT2D eigenvalue weighted by Crippen LogP contribution is -2.42. The second-order valence-electron chi connectivity index (χ2n) is 6.03. The van der Waals surface area contributed by atoms with Gasteiger partial charge in [-0.25, -0.2) is 13.2 Å². The van der Waals surface area contributed by atoms with E-state index in [4.69, 9.17) is 5.26 Å². The Bertz CT molecular complexity index is 697. The first-order valence-corrected chi connectivity index (χ1v) is 8.93. The van der Waals surface area contributed by atoms with Crippen molar-refractivity contribution in [3.63, 3.8) is 0 Å². The van der Waals surface area contributed by atoms with E-state index in [2.05, 4.69) is 4.74 Å². The number of benzene rings is 1. The average molecular weight is 336 g/mol. The quantitative estimate of drug-likeness (QED) is 0.785. The number of nitrogens with zero attached hydrogens (tertiary/aromatic N) is 2. The SMILES string of the molecule is C[C@@H]1C[C@H](C)CN(S(=O)(=O)c2ccc(C(=O)OCC#N)cc2)C1. The van der Waals surface area contributed by atoms with Crippen LogP contribution < -0.4 is 0 Å². The Kier molecular flexibility index (Phi) is 5.39. The molecule has 1 aromatic carbocycles. The molecule has 1 saturated heterocycles. The molecule has 2 rings (SSSR count). The van der Waals surface area contributed by atoms with Gasteiger partial charge in [0.05, 0.1) is 10.5 Å². The van der Waals surface area contributed by atoms with Crippen molar-refractivity contribution in [1.29, 1.82) is 5.26 Å². The van der Waals surface area contributed by atoms with Gasteiger partial charge in [0, 0.05) is 13.1 Å². The van der Waals surface area contributed by atoms with Gasteiger partial charge >= 0.3 is 5.97 Å². The first-order chi connectivity index (χ1) is 10.8. The van der Waals surface area contributed by atoms with Crippen molar-refractivity contribution in [2.75, 3.05) is 19.7 Å². The lowest BCUT2D eigenvalue weighted by Gasteiger charge is -2.34. The van der Waals surface area contributed by atoms with Gasteiger partial charge in [-0.05, 0) is 42.5 Å². The summed E-state index contributed by atoms with van der Waals surface area (Å²) in [6.45, 7) is 4.79. The standard InChI is InChI=1S/C16H20N2O4S/c1-12-9-13(2)11-18(10-12)23(20,21)15-5-3-14(4-6-15)16(19)22-8-7-17/h3-6,12-13H,8-11H2,1-2H3/t12-,13+. The lowest BCUT2D eigenvalue weighted by molar-refractivity contribution is 0.0555. The number of hydrogen-bond donors (Lipinski definition) is 0.